The Morgan fingerprint density at radius 2 is 2.20 bits per heavy atom. The number of primary amides is 1. The number of aryl methyl sites for hydroxylation is 1. The fourth-order valence-electron chi connectivity index (χ4n) is 2.29. The van der Waals surface area contributed by atoms with Gasteiger partial charge in [-0.15, -0.1) is 0 Å². The maximum absolute atomic E-state index is 12.4. The molecule has 0 aliphatic carbocycles. The number of hydrogen-bond acceptors (Lipinski definition) is 3. The summed E-state index contributed by atoms with van der Waals surface area (Å²) in [5, 5.41) is 0.899. The predicted molar refractivity (Wildman–Crippen MR) is 76.5 cm³/mol. The number of fused-ring (bicyclic) bond motifs is 3. The average Bonchev–Trinajstić information content (AvgIpc) is 2.77. The Labute approximate surface area is 114 Å². The number of carbonyl (C=O) groups excluding carboxylic acids is 1. The third-order valence-electron chi connectivity index (χ3n) is 3.52. The molecule has 1 aromatic carbocycles. The zero-order valence-electron chi connectivity index (χ0n) is 11.2. The third kappa shape index (κ3) is 1.69. The molecule has 1 unspecified atom stereocenters. The molecule has 1 atom stereocenters. The van der Waals surface area contributed by atoms with Gasteiger partial charge in [0.15, 0.2) is 0 Å². The zero-order valence-corrected chi connectivity index (χ0v) is 11.2. The van der Waals surface area contributed by atoms with E-state index in [0.717, 1.165) is 16.5 Å². The van der Waals surface area contributed by atoms with Crippen LogP contribution in [0, 0.1) is 6.92 Å². The smallest absolute Gasteiger partial charge is 0.278 e. The van der Waals surface area contributed by atoms with E-state index in [2.05, 4.69) is 9.97 Å². The van der Waals surface area contributed by atoms with Gasteiger partial charge in [0.2, 0.25) is 5.91 Å². The molecule has 0 aliphatic heterocycles. The van der Waals surface area contributed by atoms with Crippen LogP contribution in [0.5, 0.6) is 0 Å². The molecule has 3 rings (SSSR count). The van der Waals surface area contributed by atoms with Gasteiger partial charge in [-0.2, -0.15) is 0 Å². The van der Waals surface area contributed by atoms with E-state index >= 15 is 0 Å². The highest BCUT2D eigenvalue weighted by atomic mass is 16.2. The standard InChI is InChI=1S/C14H14N4O2/c1-7-3-4-10-9(5-7)11-12(17-10)14(20)18(6-16-11)8(2)13(15)19/h3-6,8,17H,1-2H3,(H2,15,19). The quantitative estimate of drug-likeness (QED) is 0.733. The molecule has 6 nitrogen and oxygen atoms in total. The fraction of sp³-hybridized carbons (Fsp3) is 0.214. The van der Waals surface area contributed by atoms with Crippen molar-refractivity contribution in [3.05, 3.63) is 40.4 Å². The number of aromatic nitrogens is 3. The number of hydrogen-bond donors (Lipinski definition) is 2. The van der Waals surface area contributed by atoms with Gasteiger partial charge in [-0.3, -0.25) is 14.2 Å². The minimum absolute atomic E-state index is 0.296. The lowest BCUT2D eigenvalue weighted by molar-refractivity contribution is -0.120. The summed E-state index contributed by atoms with van der Waals surface area (Å²) < 4.78 is 1.24. The normalized spacial score (nSPS) is 12.9. The average molecular weight is 270 g/mol. The zero-order chi connectivity index (χ0) is 14.4. The fourth-order valence-corrected chi connectivity index (χ4v) is 2.29. The molecular weight excluding hydrogens is 256 g/mol. The highest BCUT2D eigenvalue weighted by molar-refractivity contribution is 6.04. The second-order valence-corrected chi connectivity index (χ2v) is 4.93. The number of nitrogens with two attached hydrogens (primary N) is 1. The van der Waals surface area contributed by atoms with Crippen molar-refractivity contribution in [3.63, 3.8) is 0 Å². The van der Waals surface area contributed by atoms with Crippen LogP contribution in [-0.4, -0.2) is 20.4 Å². The van der Waals surface area contributed by atoms with Gasteiger partial charge < -0.3 is 10.7 Å². The first kappa shape index (κ1) is 12.4. The second-order valence-electron chi connectivity index (χ2n) is 4.93. The Morgan fingerprint density at radius 3 is 2.90 bits per heavy atom. The molecule has 20 heavy (non-hydrogen) atoms. The lowest BCUT2D eigenvalue weighted by Crippen LogP contribution is -2.32. The molecule has 6 heteroatoms. The van der Waals surface area contributed by atoms with Crippen molar-refractivity contribution < 1.29 is 4.79 Å². The molecule has 0 saturated carbocycles. The van der Waals surface area contributed by atoms with Crippen molar-refractivity contribution in [3.8, 4) is 0 Å². The van der Waals surface area contributed by atoms with E-state index in [0.29, 0.717) is 11.0 Å². The van der Waals surface area contributed by atoms with Crippen molar-refractivity contribution in [1.29, 1.82) is 0 Å². The van der Waals surface area contributed by atoms with Gasteiger partial charge in [0.1, 0.15) is 17.1 Å². The van der Waals surface area contributed by atoms with Gasteiger partial charge >= 0.3 is 0 Å². The van der Waals surface area contributed by atoms with E-state index in [1.54, 1.807) is 6.92 Å². The number of aromatic amines is 1. The Bertz CT molecular complexity index is 891. The summed E-state index contributed by atoms with van der Waals surface area (Å²) in [5.74, 6) is -0.569. The molecule has 0 saturated heterocycles. The predicted octanol–water partition coefficient (Wildman–Crippen LogP) is 1.23. The van der Waals surface area contributed by atoms with Crippen LogP contribution in [-0.2, 0) is 4.79 Å². The van der Waals surface area contributed by atoms with Crippen LogP contribution < -0.4 is 11.3 Å². The van der Waals surface area contributed by atoms with Crippen LogP contribution in [0.15, 0.2) is 29.3 Å². The van der Waals surface area contributed by atoms with Crippen LogP contribution in [0.25, 0.3) is 21.9 Å². The van der Waals surface area contributed by atoms with E-state index in [1.165, 1.54) is 10.9 Å². The molecule has 0 aliphatic rings. The number of rotatable bonds is 2. The number of nitrogens with one attached hydrogen (secondary N) is 1. The van der Waals surface area contributed by atoms with Gasteiger partial charge in [-0.25, -0.2) is 4.98 Å². The topological polar surface area (TPSA) is 93.8 Å². The first-order chi connectivity index (χ1) is 9.49. The Morgan fingerprint density at radius 1 is 1.45 bits per heavy atom. The highest BCUT2D eigenvalue weighted by Gasteiger charge is 2.16. The number of H-pyrrole nitrogens is 1. The van der Waals surface area contributed by atoms with Crippen molar-refractivity contribution in [2.75, 3.05) is 0 Å². The molecular formula is C14H14N4O2. The van der Waals surface area contributed by atoms with E-state index < -0.39 is 11.9 Å². The van der Waals surface area contributed by atoms with Crippen LogP contribution in [0.3, 0.4) is 0 Å². The summed E-state index contributed by atoms with van der Waals surface area (Å²) in [6.07, 6.45) is 1.37. The number of nitrogens with zero attached hydrogens (tertiary/aromatic N) is 2. The first-order valence-electron chi connectivity index (χ1n) is 6.27. The first-order valence-corrected chi connectivity index (χ1v) is 6.27. The molecule has 3 aromatic rings. The van der Waals surface area contributed by atoms with E-state index in [1.807, 2.05) is 25.1 Å². The largest absolute Gasteiger partial charge is 0.368 e. The van der Waals surface area contributed by atoms with Crippen molar-refractivity contribution >= 4 is 27.8 Å². The third-order valence-corrected chi connectivity index (χ3v) is 3.52. The lowest BCUT2D eigenvalue weighted by atomic mass is 10.1. The van der Waals surface area contributed by atoms with E-state index in [4.69, 9.17) is 5.73 Å². The Balaban J connectivity index is 2.37. The Hall–Kier alpha value is -2.63. The molecule has 0 fully saturated rings. The van der Waals surface area contributed by atoms with Gasteiger partial charge in [0.05, 0.1) is 6.33 Å². The van der Waals surface area contributed by atoms with Crippen molar-refractivity contribution in [2.45, 2.75) is 19.9 Å². The number of amides is 1. The van der Waals surface area contributed by atoms with Crippen LogP contribution in [0.2, 0.25) is 0 Å². The maximum atomic E-state index is 12.4. The van der Waals surface area contributed by atoms with Crippen LogP contribution >= 0.6 is 0 Å². The molecule has 2 aromatic heterocycles. The molecule has 2 heterocycles. The highest BCUT2D eigenvalue weighted by Crippen LogP contribution is 2.22. The van der Waals surface area contributed by atoms with Crippen LogP contribution in [0.1, 0.15) is 18.5 Å². The Kier molecular flexibility index (Phi) is 2.60. The van der Waals surface area contributed by atoms with Crippen molar-refractivity contribution in [2.24, 2.45) is 5.73 Å². The van der Waals surface area contributed by atoms with Gasteiger partial charge in [0.25, 0.3) is 5.56 Å². The summed E-state index contributed by atoms with van der Waals surface area (Å²) in [4.78, 5) is 31.0. The minimum Gasteiger partial charge on any atom is -0.368 e. The summed E-state index contributed by atoms with van der Waals surface area (Å²) in [5.41, 5.74) is 7.89. The van der Waals surface area contributed by atoms with Gasteiger partial charge in [0, 0.05) is 10.9 Å². The molecule has 102 valence electrons. The number of benzene rings is 1. The molecule has 1 amide bonds. The number of carbonyl (C=O) groups is 1. The van der Waals surface area contributed by atoms with E-state index in [9.17, 15) is 9.59 Å². The molecule has 3 N–H and O–H groups in total. The molecule has 0 spiro atoms. The minimum atomic E-state index is -0.729. The molecule has 0 radical (unpaired) electrons. The monoisotopic (exact) mass is 270 g/mol. The summed E-state index contributed by atoms with van der Waals surface area (Å²) in [6.45, 7) is 3.55. The summed E-state index contributed by atoms with van der Waals surface area (Å²) >= 11 is 0. The molecule has 0 bridgehead atoms. The van der Waals surface area contributed by atoms with Gasteiger partial charge in [-0.05, 0) is 26.0 Å². The van der Waals surface area contributed by atoms with E-state index in [-0.39, 0.29) is 5.56 Å². The summed E-state index contributed by atoms with van der Waals surface area (Å²) in [6, 6.07) is 5.12. The maximum Gasteiger partial charge on any atom is 0.278 e. The summed E-state index contributed by atoms with van der Waals surface area (Å²) in [7, 11) is 0. The SMILES string of the molecule is Cc1ccc2[nH]c3c(=O)n(C(C)C(N)=O)cnc3c2c1. The van der Waals surface area contributed by atoms with Gasteiger partial charge in [-0.1, -0.05) is 11.6 Å². The second kappa shape index (κ2) is 4.19. The van der Waals surface area contributed by atoms with Crippen LogP contribution in [0.4, 0.5) is 0 Å². The lowest BCUT2D eigenvalue weighted by Gasteiger charge is -2.10. The van der Waals surface area contributed by atoms with Crippen molar-refractivity contribution in [1.82, 2.24) is 14.5 Å².